The molecule has 0 saturated carbocycles. The molecule has 2 unspecified atom stereocenters. The van der Waals surface area contributed by atoms with E-state index in [2.05, 4.69) is 6.07 Å². The molecular formula is C12H20N2O2. The lowest BCUT2D eigenvalue weighted by Gasteiger charge is -2.29. The summed E-state index contributed by atoms with van der Waals surface area (Å²) in [6.45, 7) is 7.53. The summed E-state index contributed by atoms with van der Waals surface area (Å²) in [5, 5.41) is 9.09. The molecule has 4 nitrogen and oxygen atoms in total. The summed E-state index contributed by atoms with van der Waals surface area (Å²) in [6.07, 6.45) is 1.46. The van der Waals surface area contributed by atoms with E-state index in [1.807, 2.05) is 13.8 Å². The Morgan fingerprint density at radius 2 is 2.38 bits per heavy atom. The van der Waals surface area contributed by atoms with Gasteiger partial charge in [-0.2, -0.15) is 5.26 Å². The molecule has 0 aromatic rings. The first-order valence-corrected chi connectivity index (χ1v) is 5.85. The normalized spacial score (nSPS) is 25.4. The highest BCUT2D eigenvalue weighted by Gasteiger charge is 2.36. The topological polar surface area (TPSA) is 53.3 Å². The predicted molar refractivity (Wildman–Crippen MR) is 60.6 cm³/mol. The van der Waals surface area contributed by atoms with Gasteiger partial charge in [0.25, 0.3) is 0 Å². The van der Waals surface area contributed by atoms with Crippen LogP contribution in [0.3, 0.4) is 0 Å². The first kappa shape index (κ1) is 13.0. The van der Waals surface area contributed by atoms with Gasteiger partial charge >= 0.3 is 0 Å². The number of rotatable bonds is 2. The average Bonchev–Trinajstić information content (AvgIpc) is 2.51. The Morgan fingerprint density at radius 1 is 1.69 bits per heavy atom. The summed E-state index contributed by atoms with van der Waals surface area (Å²) in [6, 6.07) is 2.13. The molecule has 4 heteroatoms. The lowest BCUT2D eigenvalue weighted by molar-refractivity contribution is -0.139. The molecule has 1 amide bonds. The summed E-state index contributed by atoms with van der Waals surface area (Å²) in [4.78, 5) is 14.0. The number of amides is 1. The van der Waals surface area contributed by atoms with Crippen LogP contribution in [0.1, 0.15) is 33.6 Å². The van der Waals surface area contributed by atoms with Crippen molar-refractivity contribution in [2.45, 2.75) is 39.7 Å². The van der Waals surface area contributed by atoms with Gasteiger partial charge < -0.3 is 9.64 Å². The second-order valence-electron chi connectivity index (χ2n) is 4.58. The molecule has 1 rings (SSSR count). The van der Waals surface area contributed by atoms with Crippen molar-refractivity contribution in [3.63, 3.8) is 0 Å². The van der Waals surface area contributed by atoms with Gasteiger partial charge in [-0.05, 0) is 26.7 Å². The number of hydrogen-bond donors (Lipinski definition) is 0. The van der Waals surface area contributed by atoms with Crippen molar-refractivity contribution in [2.24, 2.45) is 5.41 Å². The minimum absolute atomic E-state index is 0.0603. The van der Waals surface area contributed by atoms with Crippen LogP contribution in [-0.4, -0.2) is 36.6 Å². The summed E-state index contributed by atoms with van der Waals surface area (Å²) in [5.41, 5.74) is -0.885. The van der Waals surface area contributed by atoms with E-state index in [-0.39, 0.29) is 12.0 Å². The van der Waals surface area contributed by atoms with Crippen LogP contribution < -0.4 is 0 Å². The van der Waals surface area contributed by atoms with E-state index >= 15 is 0 Å². The van der Waals surface area contributed by atoms with Crippen molar-refractivity contribution in [3.8, 4) is 6.07 Å². The van der Waals surface area contributed by atoms with Crippen molar-refractivity contribution in [2.75, 3.05) is 19.7 Å². The molecule has 1 fully saturated rings. The maximum Gasteiger partial charge on any atom is 0.242 e. The SMILES string of the molecule is CCC(C)(C#N)C(=O)N1CCCOC(C)C1. The van der Waals surface area contributed by atoms with E-state index in [1.54, 1.807) is 11.8 Å². The molecular weight excluding hydrogens is 204 g/mol. The quantitative estimate of drug-likeness (QED) is 0.715. The summed E-state index contributed by atoms with van der Waals surface area (Å²) >= 11 is 0. The van der Waals surface area contributed by atoms with Crippen molar-refractivity contribution in [1.82, 2.24) is 4.90 Å². The number of carbonyl (C=O) groups excluding carboxylic acids is 1. The van der Waals surface area contributed by atoms with Gasteiger partial charge in [-0.1, -0.05) is 6.92 Å². The maximum absolute atomic E-state index is 12.2. The number of hydrogen-bond acceptors (Lipinski definition) is 3. The Bertz CT molecular complexity index is 298. The minimum atomic E-state index is -0.885. The fraction of sp³-hybridized carbons (Fsp3) is 0.833. The molecule has 0 aromatic carbocycles. The largest absolute Gasteiger partial charge is 0.377 e. The van der Waals surface area contributed by atoms with E-state index in [9.17, 15) is 4.79 Å². The zero-order valence-corrected chi connectivity index (χ0v) is 10.3. The van der Waals surface area contributed by atoms with Crippen LogP contribution in [0, 0.1) is 16.7 Å². The highest BCUT2D eigenvalue weighted by Crippen LogP contribution is 2.24. The van der Waals surface area contributed by atoms with Crippen LogP contribution >= 0.6 is 0 Å². The standard InChI is InChI=1S/C12H20N2O2/c1-4-12(3,9-13)11(15)14-6-5-7-16-10(2)8-14/h10H,4-8H2,1-3H3. The minimum Gasteiger partial charge on any atom is -0.377 e. The van der Waals surface area contributed by atoms with E-state index in [1.165, 1.54) is 0 Å². The third-order valence-electron chi connectivity index (χ3n) is 3.17. The Morgan fingerprint density at radius 3 is 2.94 bits per heavy atom. The van der Waals surface area contributed by atoms with Gasteiger partial charge in [0.05, 0.1) is 12.2 Å². The first-order valence-electron chi connectivity index (χ1n) is 5.85. The van der Waals surface area contributed by atoms with Crippen LogP contribution in [0.4, 0.5) is 0 Å². The maximum atomic E-state index is 12.2. The molecule has 1 aliphatic rings. The molecule has 1 saturated heterocycles. The number of nitrogens with zero attached hydrogens (tertiary/aromatic N) is 2. The second-order valence-corrected chi connectivity index (χ2v) is 4.58. The molecule has 0 bridgehead atoms. The smallest absolute Gasteiger partial charge is 0.242 e. The molecule has 0 radical (unpaired) electrons. The second kappa shape index (κ2) is 5.31. The zero-order chi connectivity index (χ0) is 12.2. The van der Waals surface area contributed by atoms with Crippen molar-refractivity contribution < 1.29 is 9.53 Å². The van der Waals surface area contributed by atoms with Crippen LogP contribution in [0.25, 0.3) is 0 Å². The molecule has 0 aliphatic carbocycles. The van der Waals surface area contributed by atoms with Crippen LogP contribution in [0.2, 0.25) is 0 Å². The number of ether oxygens (including phenoxy) is 1. The lowest BCUT2D eigenvalue weighted by atomic mass is 9.87. The summed E-state index contributed by atoms with van der Waals surface area (Å²) < 4.78 is 5.49. The third-order valence-corrected chi connectivity index (χ3v) is 3.17. The van der Waals surface area contributed by atoms with E-state index in [0.29, 0.717) is 26.1 Å². The van der Waals surface area contributed by atoms with Gasteiger partial charge in [-0.3, -0.25) is 4.79 Å². The zero-order valence-electron chi connectivity index (χ0n) is 10.3. The molecule has 0 N–H and O–H groups in total. The Kier molecular flexibility index (Phi) is 4.31. The van der Waals surface area contributed by atoms with E-state index < -0.39 is 5.41 Å². The monoisotopic (exact) mass is 224 g/mol. The number of carbonyl (C=O) groups is 1. The highest BCUT2D eigenvalue weighted by atomic mass is 16.5. The fourth-order valence-electron chi connectivity index (χ4n) is 1.81. The summed E-state index contributed by atoms with van der Waals surface area (Å²) in [7, 11) is 0. The van der Waals surface area contributed by atoms with Gasteiger partial charge in [0.15, 0.2) is 0 Å². The van der Waals surface area contributed by atoms with Gasteiger partial charge in [-0.25, -0.2) is 0 Å². The average molecular weight is 224 g/mol. The van der Waals surface area contributed by atoms with Crippen LogP contribution in [0.5, 0.6) is 0 Å². The lowest BCUT2D eigenvalue weighted by Crippen LogP contribution is -2.44. The molecule has 16 heavy (non-hydrogen) atoms. The van der Waals surface area contributed by atoms with Crippen LogP contribution in [-0.2, 0) is 9.53 Å². The van der Waals surface area contributed by atoms with Gasteiger partial charge in [-0.15, -0.1) is 0 Å². The molecule has 2 atom stereocenters. The fourth-order valence-corrected chi connectivity index (χ4v) is 1.81. The van der Waals surface area contributed by atoms with Gasteiger partial charge in [0, 0.05) is 19.7 Å². The van der Waals surface area contributed by atoms with E-state index in [0.717, 1.165) is 6.42 Å². The Hall–Kier alpha value is -1.08. The molecule has 1 heterocycles. The summed E-state index contributed by atoms with van der Waals surface area (Å²) in [5.74, 6) is -0.0603. The Labute approximate surface area is 97.2 Å². The van der Waals surface area contributed by atoms with E-state index in [4.69, 9.17) is 10.00 Å². The van der Waals surface area contributed by atoms with Crippen molar-refractivity contribution in [1.29, 1.82) is 5.26 Å². The highest BCUT2D eigenvalue weighted by molar-refractivity contribution is 5.85. The van der Waals surface area contributed by atoms with Gasteiger partial charge in [0.1, 0.15) is 5.41 Å². The molecule has 0 aromatic heterocycles. The predicted octanol–water partition coefficient (Wildman–Crippen LogP) is 1.56. The van der Waals surface area contributed by atoms with Crippen molar-refractivity contribution >= 4 is 5.91 Å². The third kappa shape index (κ3) is 2.73. The first-order chi connectivity index (χ1) is 7.53. The van der Waals surface area contributed by atoms with Crippen molar-refractivity contribution in [3.05, 3.63) is 0 Å². The van der Waals surface area contributed by atoms with Crippen LogP contribution in [0.15, 0.2) is 0 Å². The molecule has 90 valence electrons. The molecule has 1 aliphatic heterocycles. The Balaban J connectivity index is 2.76. The van der Waals surface area contributed by atoms with Gasteiger partial charge in [0.2, 0.25) is 5.91 Å². The molecule has 0 spiro atoms. The number of nitriles is 1.